The lowest BCUT2D eigenvalue weighted by Crippen LogP contribution is -2.28. The molecular weight excluding hydrogens is 360 g/mol. The Hall–Kier alpha value is -3.19. The molecule has 138 valence electrons. The average molecular weight is 380 g/mol. The predicted molar refractivity (Wildman–Crippen MR) is 109 cm³/mol. The van der Waals surface area contributed by atoms with Gasteiger partial charge in [0.1, 0.15) is 10.7 Å². The fourth-order valence-electron chi connectivity index (χ4n) is 2.41. The van der Waals surface area contributed by atoms with Crippen molar-refractivity contribution in [3.8, 4) is 10.6 Å². The lowest BCUT2D eigenvalue weighted by molar-refractivity contribution is 0.102. The Labute approximate surface area is 161 Å². The van der Waals surface area contributed by atoms with Crippen LogP contribution in [0.25, 0.3) is 10.6 Å². The largest absolute Gasteiger partial charge is 0.338 e. The lowest BCUT2D eigenvalue weighted by Gasteiger charge is -2.08. The summed E-state index contributed by atoms with van der Waals surface area (Å²) < 4.78 is 0. The van der Waals surface area contributed by atoms with Gasteiger partial charge in [-0.2, -0.15) is 0 Å². The molecule has 0 spiro atoms. The fraction of sp³-hybridized carbons (Fsp3) is 0.150. The number of carbonyl (C=O) groups is 2. The molecular formula is C20H20N4O2S. The molecule has 0 unspecified atom stereocenters. The highest BCUT2D eigenvalue weighted by atomic mass is 32.1. The van der Waals surface area contributed by atoms with Crippen LogP contribution < -0.4 is 16.0 Å². The number of aromatic nitrogens is 1. The van der Waals surface area contributed by atoms with Gasteiger partial charge in [-0.15, -0.1) is 11.3 Å². The molecule has 0 aliphatic carbocycles. The molecule has 3 aromatic rings. The van der Waals surface area contributed by atoms with Crippen LogP contribution in [-0.2, 0) is 0 Å². The van der Waals surface area contributed by atoms with Gasteiger partial charge in [0, 0.05) is 28.9 Å². The highest BCUT2D eigenvalue weighted by molar-refractivity contribution is 7.13. The van der Waals surface area contributed by atoms with E-state index in [-0.39, 0.29) is 11.9 Å². The van der Waals surface area contributed by atoms with Crippen LogP contribution in [0.4, 0.5) is 16.2 Å². The van der Waals surface area contributed by atoms with Gasteiger partial charge in [-0.3, -0.25) is 4.79 Å². The standard InChI is InChI=1S/C20H20N4O2S/c1-3-21-20(26)23-16-6-4-5-15(11-16)22-18(25)17-12-27-19(24-17)14-9-7-13(2)8-10-14/h4-12H,3H2,1-2H3,(H,22,25)(H2,21,23,26). The van der Waals surface area contributed by atoms with Gasteiger partial charge in [-0.1, -0.05) is 35.9 Å². The molecule has 3 amide bonds. The molecule has 0 aliphatic heterocycles. The van der Waals surface area contributed by atoms with Crippen LogP contribution in [0.15, 0.2) is 53.9 Å². The number of nitrogens with zero attached hydrogens (tertiary/aromatic N) is 1. The summed E-state index contributed by atoms with van der Waals surface area (Å²) in [6, 6.07) is 14.7. The Morgan fingerprint density at radius 3 is 2.44 bits per heavy atom. The van der Waals surface area contributed by atoms with Gasteiger partial charge < -0.3 is 16.0 Å². The van der Waals surface area contributed by atoms with Gasteiger partial charge in [-0.05, 0) is 32.0 Å². The second kappa shape index (κ2) is 8.46. The molecule has 0 radical (unpaired) electrons. The molecule has 0 saturated heterocycles. The Bertz CT molecular complexity index is 951. The Kier molecular flexibility index (Phi) is 5.83. The minimum Gasteiger partial charge on any atom is -0.338 e. The van der Waals surface area contributed by atoms with E-state index >= 15 is 0 Å². The number of aryl methyl sites for hydroxylation is 1. The summed E-state index contributed by atoms with van der Waals surface area (Å²) in [4.78, 5) is 28.5. The second-order valence-electron chi connectivity index (χ2n) is 5.92. The molecule has 3 rings (SSSR count). The molecule has 0 atom stereocenters. The minimum absolute atomic E-state index is 0.289. The summed E-state index contributed by atoms with van der Waals surface area (Å²) in [7, 11) is 0. The highest BCUT2D eigenvalue weighted by Gasteiger charge is 2.12. The second-order valence-corrected chi connectivity index (χ2v) is 6.78. The zero-order valence-electron chi connectivity index (χ0n) is 15.1. The number of nitrogens with one attached hydrogen (secondary N) is 3. The number of urea groups is 1. The van der Waals surface area contributed by atoms with Crippen LogP contribution in [0.5, 0.6) is 0 Å². The lowest BCUT2D eigenvalue weighted by atomic mass is 10.2. The molecule has 0 fully saturated rings. The number of thiazole rings is 1. The van der Waals surface area contributed by atoms with Crippen LogP contribution >= 0.6 is 11.3 Å². The summed E-state index contributed by atoms with van der Waals surface area (Å²) in [5.74, 6) is -0.292. The topological polar surface area (TPSA) is 83.1 Å². The van der Waals surface area contributed by atoms with Gasteiger partial charge in [0.25, 0.3) is 5.91 Å². The third-order valence-corrected chi connectivity index (χ3v) is 4.64. The van der Waals surface area contributed by atoms with Crippen molar-refractivity contribution in [2.24, 2.45) is 0 Å². The van der Waals surface area contributed by atoms with Crippen LogP contribution in [-0.4, -0.2) is 23.5 Å². The maximum Gasteiger partial charge on any atom is 0.319 e. The Balaban J connectivity index is 1.69. The van der Waals surface area contributed by atoms with E-state index in [1.807, 2.05) is 38.1 Å². The van der Waals surface area contributed by atoms with Crippen molar-refractivity contribution < 1.29 is 9.59 Å². The number of hydrogen-bond acceptors (Lipinski definition) is 4. The number of benzene rings is 2. The van der Waals surface area contributed by atoms with E-state index in [0.717, 1.165) is 10.6 Å². The first-order valence-electron chi connectivity index (χ1n) is 8.54. The molecule has 27 heavy (non-hydrogen) atoms. The van der Waals surface area contributed by atoms with E-state index in [4.69, 9.17) is 0 Å². The maximum atomic E-state index is 12.5. The minimum atomic E-state index is -0.292. The summed E-state index contributed by atoms with van der Waals surface area (Å²) in [6.07, 6.45) is 0. The summed E-state index contributed by atoms with van der Waals surface area (Å²) >= 11 is 1.43. The van der Waals surface area contributed by atoms with Gasteiger partial charge >= 0.3 is 6.03 Å². The number of carbonyl (C=O) groups excluding carboxylic acids is 2. The number of rotatable bonds is 5. The van der Waals surface area contributed by atoms with Gasteiger partial charge in [0.05, 0.1) is 0 Å². The zero-order chi connectivity index (χ0) is 19.2. The van der Waals surface area contributed by atoms with Gasteiger partial charge in [-0.25, -0.2) is 9.78 Å². The molecule has 0 aliphatic rings. The molecule has 1 aromatic heterocycles. The van der Waals surface area contributed by atoms with E-state index in [0.29, 0.717) is 23.6 Å². The summed E-state index contributed by atoms with van der Waals surface area (Å²) in [5.41, 5.74) is 3.70. The number of anilines is 2. The predicted octanol–water partition coefficient (Wildman–Crippen LogP) is 4.51. The first-order chi connectivity index (χ1) is 13.0. The van der Waals surface area contributed by atoms with Crippen molar-refractivity contribution in [3.05, 3.63) is 65.2 Å². The van der Waals surface area contributed by atoms with Crippen molar-refractivity contribution in [3.63, 3.8) is 0 Å². The molecule has 0 bridgehead atoms. The smallest absolute Gasteiger partial charge is 0.319 e. The van der Waals surface area contributed by atoms with Gasteiger partial charge in [0.2, 0.25) is 0 Å². The average Bonchev–Trinajstić information content (AvgIpc) is 3.13. The Morgan fingerprint density at radius 1 is 1.04 bits per heavy atom. The monoisotopic (exact) mass is 380 g/mol. The molecule has 6 nitrogen and oxygen atoms in total. The highest BCUT2D eigenvalue weighted by Crippen LogP contribution is 2.24. The van der Waals surface area contributed by atoms with Crippen LogP contribution in [0.2, 0.25) is 0 Å². The van der Waals surface area contributed by atoms with Crippen LogP contribution in [0, 0.1) is 6.92 Å². The van der Waals surface area contributed by atoms with E-state index in [9.17, 15) is 9.59 Å². The fourth-order valence-corrected chi connectivity index (χ4v) is 3.22. The number of amides is 3. The van der Waals surface area contributed by atoms with E-state index in [1.165, 1.54) is 16.9 Å². The first-order valence-corrected chi connectivity index (χ1v) is 9.42. The molecule has 0 saturated carbocycles. The van der Waals surface area contributed by atoms with Crippen molar-refractivity contribution in [1.82, 2.24) is 10.3 Å². The van der Waals surface area contributed by atoms with Crippen molar-refractivity contribution in [1.29, 1.82) is 0 Å². The molecule has 2 aromatic carbocycles. The maximum absolute atomic E-state index is 12.5. The summed E-state index contributed by atoms with van der Waals surface area (Å²) in [6.45, 7) is 4.41. The van der Waals surface area contributed by atoms with E-state index in [1.54, 1.807) is 29.6 Å². The number of hydrogen-bond donors (Lipinski definition) is 3. The van der Waals surface area contributed by atoms with E-state index in [2.05, 4.69) is 20.9 Å². The van der Waals surface area contributed by atoms with E-state index < -0.39 is 0 Å². The zero-order valence-corrected chi connectivity index (χ0v) is 15.9. The molecule has 7 heteroatoms. The SMILES string of the molecule is CCNC(=O)Nc1cccc(NC(=O)c2csc(-c3ccc(C)cc3)n2)c1. The molecule has 3 N–H and O–H groups in total. The third kappa shape index (κ3) is 4.92. The quantitative estimate of drug-likeness (QED) is 0.609. The van der Waals surface area contributed by atoms with Crippen molar-refractivity contribution >= 4 is 34.6 Å². The third-order valence-electron chi connectivity index (χ3n) is 3.75. The molecule has 1 heterocycles. The normalized spacial score (nSPS) is 10.3. The summed E-state index contributed by atoms with van der Waals surface area (Å²) in [5, 5.41) is 10.7. The first kappa shape index (κ1) is 18.6. The Morgan fingerprint density at radius 2 is 1.74 bits per heavy atom. The van der Waals surface area contributed by atoms with Crippen LogP contribution in [0.3, 0.4) is 0 Å². The van der Waals surface area contributed by atoms with Crippen molar-refractivity contribution in [2.45, 2.75) is 13.8 Å². The van der Waals surface area contributed by atoms with Crippen LogP contribution in [0.1, 0.15) is 23.0 Å². The van der Waals surface area contributed by atoms with Gasteiger partial charge in [0.15, 0.2) is 0 Å². The van der Waals surface area contributed by atoms with Crippen molar-refractivity contribution in [2.75, 3.05) is 17.2 Å².